The second kappa shape index (κ2) is 4.94. The Labute approximate surface area is 113 Å². The quantitative estimate of drug-likeness (QED) is 0.914. The first kappa shape index (κ1) is 13.4. The fraction of sp³-hybridized carbons (Fsp3) is 0.200. The summed E-state index contributed by atoms with van der Waals surface area (Å²) in [7, 11) is 0. The molecule has 2 N–H and O–H groups in total. The molecule has 0 aliphatic carbocycles. The summed E-state index contributed by atoms with van der Waals surface area (Å²) < 4.78 is 37.9. The Balaban J connectivity index is 2.33. The molecule has 2 aromatic heterocycles. The van der Waals surface area contributed by atoms with Crippen LogP contribution in [0.3, 0.4) is 0 Å². The number of thiazole rings is 1. The molecule has 0 fully saturated rings. The van der Waals surface area contributed by atoms with Crippen molar-refractivity contribution in [3.8, 4) is 0 Å². The molecule has 0 saturated heterocycles. The average molecular weight is 338 g/mol. The summed E-state index contributed by atoms with van der Waals surface area (Å²) >= 11 is 3.79. The number of rotatable bonds is 2. The van der Waals surface area contributed by atoms with E-state index >= 15 is 0 Å². The number of aromatic nitrogens is 2. The van der Waals surface area contributed by atoms with Gasteiger partial charge >= 0.3 is 6.18 Å². The molecule has 0 saturated carbocycles. The molecule has 1 atom stereocenters. The lowest BCUT2D eigenvalue weighted by molar-refractivity contribution is -0.137. The van der Waals surface area contributed by atoms with Crippen molar-refractivity contribution in [2.75, 3.05) is 0 Å². The van der Waals surface area contributed by atoms with Gasteiger partial charge in [0, 0.05) is 21.7 Å². The van der Waals surface area contributed by atoms with E-state index in [0.717, 1.165) is 6.20 Å². The highest BCUT2D eigenvalue weighted by Crippen LogP contribution is 2.35. The summed E-state index contributed by atoms with van der Waals surface area (Å²) in [6, 6.07) is 2.70. The van der Waals surface area contributed by atoms with Gasteiger partial charge in [0.05, 0.1) is 11.7 Å². The molecule has 2 rings (SSSR count). The van der Waals surface area contributed by atoms with Gasteiger partial charge < -0.3 is 5.73 Å². The van der Waals surface area contributed by atoms with E-state index in [0.29, 0.717) is 26.4 Å². The number of pyridine rings is 1. The normalized spacial score (nSPS) is 13.6. The lowest BCUT2D eigenvalue weighted by atomic mass is 10.2. The van der Waals surface area contributed by atoms with Gasteiger partial charge in [0.25, 0.3) is 0 Å². The maximum atomic E-state index is 12.4. The molecule has 2 aromatic rings. The van der Waals surface area contributed by atoms with Crippen LogP contribution in [0, 0.1) is 0 Å². The number of nitrogens with zero attached hydrogens (tertiary/aromatic N) is 2. The number of hydrogen-bond donors (Lipinski definition) is 1. The summed E-state index contributed by atoms with van der Waals surface area (Å²) in [4.78, 5) is 7.71. The van der Waals surface area contributed by atoms with Crippen molar-refractivity contribution in [3.63, 3.8) is 0 Å². The standard InChI is InChI=1S/C10H7BrF3N3S/c11-5-2-1-3-16-8(5)7(15)6-4-17-9(18-6)10(12,13)14/h1-4,7H,15H2. The SMILES string of the molecule is NC(c1cnc(C(F)(F)F)s1)c1ncccc1Br. The van der Waals surface area contributed by atoms with Crippen LogP contribution in [0.4, 0.5) is 13.2 Å². The van der Waals surface area contributed by atoms with E-state index in [-0.39, 0.29) is 0 Å². The van der Waals surface area contributed by atoms with Crippen LogP contribution < -0.4 is 5.73 Å². The Bertz CT molecular complexity index is 555. The van der Waals surface area contributed by atoms with Gasteiger partial charge in [-0.1, -0.05) is 0 Å². The zero-order valence-electron chi connectivity index (χ0n) is 8.78. The van der Waals surface area contributed by atoms with Crippen LogP contribution in [0.2, 0.25) is 0 Å². The summed E-state index contributed by atoms with van der Waals surface area (Å²) in [6.07, 6.45) is -1.77. The first-order chi connectivity index (χ1) is 8.39. The molecule has 8 heteroatoms. The van der Waals surface area contributed by atoms with Crippen LogP contribution in [-0.2, 0) is 6.18 Å². The molecular weight excluding hydrogens is 331 g/mol. The van der Waals surface area contributed by atoms with Gasteiger partial charge in [-0.15, -0.1) is 11.3 Å². The molecule has 0 aromatic carbocycles. The van der Waals surface area contributed by atoms with Gasteiger partial charge in [0.1, 0.15) is 0 Å². The fourth-order valence-electron chi connectivity index (χ4n) is 1.32. The number of hydrogen-bond acceptors (Lipinski definition) is 4. The third-order valence-electron chi connectivity index (χ3n) is 2.15. The maximum absolute atomic E-state index is 12.4. The highest BCUT2D eigenvalue weighted by Gasteiger charge is 2.35. The molecular formula is C10H7BrF3N3S. The Morgan fingerprint density at radius 2 is 2.06 bits per heavy atom. The van der Waals surface area contributed by atoms with E-state index in [4.69, 9.17) is 5.73 Å². The zero-order chi connectivity index (χ0) is 13.3. The molecule has 1 unspecified atom stereocenters. The zero-order valence-corrected chi connectivity index (χ0v) is 11.2. The van der Waals surface area contributed by atoms with Crippen molar-refractivity contribution >= 4 is 27.3 Å². The van der Waals surface area contributed by atoms with Gasteiger partial charge in [0.15, 0.2) is 5.01 Å². The number of alkyl halides is 3. The van der Waals surface area contributed by atoms with Crippen LogP contribution in [0.5, 0.6) is 0 Å². The van der Waals surface area contributed by atoms with Crippen LogP contribution in [0.15, 0.2) is 29.0 Å². The second-order valence-corrected chi connectivity index (χ2v) is 5.33. The molecule has 2 heterocycles. The summed E-state index contributed by atoms with van der Waals surface area (Å²) in [5, 5.41) is -0.903. The molecule has 0 radical (unpaired) electrons. The number of nitrogens with two attached hydrogens (primary N) is 1. The lowest BCUT2D eigenvalue weighted by Crippen LogP contribution is -2.12. The predicted octanol–water partition coefficient (Wildman–Crippen LogP) is 3.37. The summed E-state index contributed by atoms with van der Waals surface area (Å²) in [5.41, 5.74) is 6.37. The molecule has 0 spiro atoms. The average Bonchev–Trinajstić information content (AvgIpc) is 2.77. The van der Waals surface area contributed by atoms with Gasteiger partial charge in [0.2, 0.25) is 0 Å². The molecule has 0 aliphatic heterocycles. The monoisotopic (exact) mass is 337 g/mol. The van der Waals surface area contributed by atoms with E-state index in [1.54, 1.807) is 12.1 Å². The van der Waals surface area contributed by atoms with Crippen molar-refractivity contribution in [1.82, 2.24) is 9.97 Å². The van der Waals surface area contributed by atoms with E-state index < -0.39 is 17.2 Å². The lowest BCUT2D eigenvalue weighted by Gasteiger charge is -2.09. The molecule has 0 aliphatic rings. The third-order valence-corrected chi connectivity index (χ3v) is 3.95. The van der Waals surface area contributed by atoms with E-state index in [2.05, 4.69) is 25.9 Å². The van der Waals surface area contributed by atoms with Crippen LogP contribution >= 0.6 is 27.3 Å². The highest BCUT2D eigenvalue weighted by atomic mass is 79.9. The van der Waals surface area contributed by atoms with Crippen molar-refractivity contribution in [2.24, 2.45) is 5.73 Å². The van der Waals surface area contributed by atoms with Crippen molar-refractivity contribution in [2.45, 2.75) is 12.2 Å². The molecule has 18 heavy (non-hydrogen) atoms. The predicted molar refractivity (Wildman–Crippen MR) is 65.1 cm³/mol. The topological polar surface area (TPSA) is 51.8 Å². The Kier molecular flexibility index (Phi) is 3.69. The van der Waals surface area contributed by atoms with E-state index in [1.165, 1.54) is 6.20 Å². The Morgan fingerprint density at radius 3 is 2.61 bits per heavy atom. The molecule has 3 nitrogen and oxygen atoms in total. The van der Waals surface area contributed by atoms with Crippen molar-refractivity contribution in [1.29, 1.82) is 0 Å². The highest BCUT2D eigenvalue weighted by molar-refractivity contribution is 9.10. The molecule has 0 bridgehead atoms. The molecule has 0 amide bonds. The van der Waals surface area contributed by atoms with E-state index in [9.17, 15) is 13.2 Å². The Hall–Kier alpha value is -0.990. The third kappa shape index (κ3) is 2.70. The van der Waals surface area contributed by atoms with Gasteiger partial charge in [-0.3, -0.25) is 4.98 Å². The fourth-order valence-corrected chi connectivity index (χ4v) is 2.61. The Morgan fingerprint density at radius 1 is 1.33 bits per heavy atom. The number of halogens is 4. The first-order valence-corrected chi connectivity index (χ1v) is 6.39. The summed E-state index contributed by atoms with van der Waals surface area (Å²) in [6.45, 7) is 0. The van der Waals surface area contributed by atoms with Gasteiger partial charge in [-0.25, -0.2) is 4.98 Å². The van der Waals surface area contributed by atoms with E-state index in [1.807, 2.05) is 0 Å². The van der Waals surface area contributed by atoms with Crippen molar-refractivity contribution in [3.05, 3.63) is 44.6 Å². The summed E-state index contributed by atoms with van der Waals surface area (Å²) in [5.74, 6) is 0. The maximum Gasteiger partial charge on any atom is 0.443 e. The second-order valence-electron chi connectivity index (χ2n) is 3.41. The largest absolute Gasteiger partial charge is 0.443 e. The molecule has 96 valence electrons. The van der Waals surface area contributed by atoms with Crippen LogP contribution in [0.25, 0.3) is 0 Å². The van der Waals surface area contributed by atoms with Crippen LogP contribution in [-0.4, -0.2) is 9.97 Å². The smallest absolute Gasteiger partial charge is 0.318 e. The van der Waals surface area contributed by atoms with Crippen LogP contribution in [0.1, 0.15) is 21.6 Å². The first-order valence-electron chi connectivity index (χ1n) is 4.78. The van der Waals surface area contributed by atoms with Crippen molar-refractivity contribution < 1.29 is 13.2 Å². The van der Waals surface area contributed by atoms with Gasteiger partial charge in [-0.05, 0) is 28.1 Å². The minimum Gasteiger partial charge on any atom is -0.318 e. The van der Waals surface area contributed by atoms with Gasteiger partial charge in [-0.2, -0.15) is 13.2 Å². The minimum absolute atomic E-state index is 0.321. The minimum atomic E-state index is -4.44.